The van der Waals surface area contributed by atoms with Crippen LogP contribution in [0.1, 0.15) is 32.3 Å². The first-order chi connectivity index (χ1) is 8.30. The second-order valence-electron chi connectivity index (χ2n) is 5.56. The average molecular weight is 268 g/mol. The fraction of sp³-hybridized carbons (Fsp3) is 0.538. The van der Waals surface area contributed by atoms with Crippen LogP contribution in [0.5, 0.6) is 0 Å². The summed E-state index contributed by atoms with van der Waals surface area (Å²) in [4.78, 5) is 0. The average Bonchev–Trinajstić information content (AvgIpc) is 3.02. The molecule has 0 heterocycles. The largest absolute Gasteiger partial charge is 0.398 e. The maximum atomic E-state index is 12.1. The van der Waals surface area contributed by atoms with E-state index >= 15 is 0 Å². The topological polar surface area (TPSA) is 72.2 Å². The molecule has 1 aromatic carbocycles. The summed E-state index contributed by atoms with van der Waals surface area (Å²) in [5.41, 5.74) is 6.58. The van der Waals surface area contributed by atoms with Crippen LogP contribution in [0.4, 0.5) is 5.69 Å². The standard InChI is InChI=1S/C13H20N2O2S/c1-13(2,11-7-8-11)15-18(16,17)9-10-5-3-4-6-12(10)14/h3-6,11,15H,7-9,14H2,1-2H3. The highest BCUT2D eigenvalue weighted by molar-refractivity contribution is 7.88. The number of hydrogen-bond donors (Lipinski definition) is 2. The van der Waals surface area contributed by atoms with Crippen molar-refractivity contribution in [2.24, 2.45) is 5.92 Å². The molecule has 1 saturated carbocycles. The summed E-state index contributed by atoms with van der Waals surface area (Å²) in [6, 6.07) is 7.07. The lowest BCUT2D eigenvalue weighted by Crippen LogP contribution is -2.45. The summed E-state index contributed by atoms with van der Waals surface area (Å²) in [6.45, 7) is 3.88. The van der Waals surface area contributed by atoms with Crippen molar-refractivity contribution in [1.82, 2.24) is 4.72 Å². The number of nitrogens with one attached hydrogen (secondary N) is 1. The Hall–Kier alpha value is -1.07. The maximum Gasteiger partial charge on any atom is 0.216 e. The van der Waals surface area contributed by atoms with Crippen LogP contribution in [0.3, 0.4) is 0 Å². The van der Waals surface area contributed by atoms with Gasteiger partial charge in [0.25, 0.3) is 0 Å². The van der Waals surface area contributed by atoms with Crippen LogP contribution in [-0.2, 0) is 15.8 Å². The van der Waals surface area contributed by atoms with Gasteiger partial charge >= 0.3 is 0 Å². The fourth-order valence-corrected chi connectivity index (χ4v) is 3.91. The summed E-state index contributed by atoms with van der Waals surface area (Å²) in [5.74, 6) is 0.399. The molecule has 1 aliphatic carbocycles. The van der Waals surface area contributed by atoms with Gasteiger partial charge in [-0.2, -0.15) is 0 Å². The van der Waals surface area contributed by atoms with Gasteiger partial charge in [0.1, 0.15) is 0 Å². The van der Waals surface area contributed by atoms with Crippen LogP contribution >= 0.6 is 0 Å². The monoisotopic (exact) mass is 268 g/mol. The molecule has 1 fully saturated rings. The lowest BCUT2D eigenvalue weighted by atomic mass is 10.0. The summed E-state index contributed by atoms with van der Waals surface area (Å²) >= 11 is 0. The van der Waals surface area contributed by atoms with Gasteiger partial charge in [-0.25, -0.2) is 13.1 Å². The van der Waals surface area contributed by atoms with E-state index in [2.05, 4.69) is 4.72 Å². The second-order valence-corrected chi connectivity index (χ2v) is 7.28. The first kappa shape index (κ1) is 13.4. The number of sulfonamides is 1. The van der Waals surface area contributed by atoms with E-state index < -0.39 is 10.0 Å². The van der Waals surface area contributed by atoms with Gasteiger partial charge in [0.2, 0.25) is 10.0 Å². The van der Waals surface area contributed by atoms with Crippen molar-refractivity contribution in [2.45, 2.75) is 38.0 Å². The van der Waals surface area contributed by atoms with Gasteiger partial charge in [0.15, 0.2) is 0 Å². The van der Waals surface area contributed by atoms with Gasteiger partial charge < -0.3 is 5.73 Å². The molecule has 0 aliphatic heterocycles. The third-order valence-electron chi connectivity index (χ3n) is 3.42. The predicted octanol–water partition coefficient (Wildman–Crippen LogP) is 1.88. The van der Waals surface area contributed by atoms with Crippen molar-refractivity contribution >= 4 is 15.7 Å². The summed E-state index contributed by atoms with van der Waals surface area (Å²) in [7, 11) is -3.35. The summed E-state index contributed by atoms with van der Waals surface area (Å²) in [6.07, 6.45) is 2.20. The van der Waals surface area contributed by atoms with Crippen LogP contribution in [0.2, 0.25) is 0 Å². The zero-order valence-corrected chi connectivity index (χ0v) is 11.6. The minimum atomic E-state index is -3.35. The molecule has 2 rings (SSSR count). The number of para-hydroxylation sites is 1. The SMILES string of the molecule is CC(C)(NS(=O)(=O)Cc1ccccc1N)C1CC1. The van der Waals surface area contributed by atoms with E-state index in [0.29, 0.717) is 17.2 Å². The molecule has 0 spiro atoms. The van der Waals surface area contributed by atoms with Crippen LogP contribution in [-0.4, -0.2) is 14.0 Å². The molecule has 100 valence electrons. The molecule has 0 unspecified atom stereocenters. The molecule has 0 bridgehead atoms. The number of rotatable bonds is 5. The highest BCUT2D eigenvalue weighted by atomic mass is 32.2. The van der Waals surface area contributed by atoms with E-state index in [-0.39, 0.29) is 11.3 Å². The van der Waals surface area contributed by atoms with Crippen molar-refractivity contribution in [2.75, 3.05) is 5.73 Å². The molecule has 0 atom stereocenters. The molecule has 18 heavy (non-hydrogen) atoms. The number of anilines is 1. The van der Waals surface area contributed by atoms with E-state index in [1.165, 1.54) is 0 Å². The molecule has 5 heteroatoms. The number of nitrogens with two attached hydrogens (primary N) is 1. The fourth-order valence-electron chi connectivity index (χ4n) is 2.20. The zero-order valence-electron chi connectivity index (χ0n) is 10.8. The number of nitrogen functional groups attached to an aromatic ring is 1. The van der Waals surface area contributed by atoms with Crippen molar-refractivity contribution in [3.8, 4) is 0 Å². The third kappa shape index (κ3) is 3.23. The van der Waals surface area contributed by atoms with Crippen molar-refractivity contribution in [3.05, 3.63) is 29.8 Å². The molecule has 1 aromatic rings. The first-order valence-electron chi connectivity index (χ1n) is 6.15. The third-order valence-corrected chi connectivity index (χ3v) is 4.95. The van der Waals surface area contributed by atoms with Crippen LogP contribution in [0.15, 0.2) is 24.3 Å². The molecular weight excluding hydrogens is 248 g/mol. The molecule has 0 radical (unpaired) electrons. The lowest BCUT2D eigenvalue weighted by molar-refractivity contribution is 0.400. The first-order valence-corrected chi connectivity index (χ1v) is 7.80. The lowest BCUT2D eigenvalue weighted by Gasteiger charge is -2.25. The van der Waals surface area contributed by atoms with E-state index in [1.54, 1.807) is 24.3 Å². The maximum absolute atomic E-state index is 12.1. The van der Waals surface area contributed by atoms with E-state index in [9.17, 15) is 8.42 Å². The summed E-state index contributed by atoms with van der Waals surface area (Å²) < 4.78 is 27.1. The van der Waals surface area contributed by atoms with Crippen LogP contribution < -0.4 is 10.5 Å². The van der Waals surface area contributed by atoms with Crippen molar-refractivity contribution < 1.29 is 8.42 Å². The smallest absolute Gasteiger partial charge is 0.216 e. The predicted molar refractivity (Wildman–Crippen MR) is 73.4 cm³/mol. The van der Waals surface area contributed by atoms with E-state index in [4.69, 9.17) is 5.73 Å². The molecule has 1 aliphatic rings. The van der Waals surface area contributed by atoms with Gasteiger partial charge in [0.05, 0.1) is 5.75 Å². The molecular formula is C13H20N2O2S. The summed E-state index contributed by atoms with van der Waals surface area (Å²) in [5, 5.41) is 0. The van der Waals surface area contributed by atoms with E-state index in [0.717, 1.165) is 12.8 Å². The Kier molecular flexibility index (Phi) is 3.38. The molecule has 0 aromatic heterocycles. The van der Waals surface area contributed by atoms with Crippen molar-refractivity contribution in [3.63, 3.8) is 0 Å². The Morgan fingerprint density at radius 3 is 2.50 bits per heavy atom. The quantitative estimate of drug-likeness (QED) is 0.801. The van der Waals surface area contributed by atoms with Gasteiger partial charge in [-0.05, 0) is 44.2 Å². The molecule has 4 nitrogen and oxygen atoms in total. The Morgan fingerprint density at radius 1 is 1.33 bits per heavy atom. The highest BCUT2D eigenvalue weighted by Crippen LogP contribution is 2.39. The molecule has 0 saturated heterocycles. The van der Waals surface area contributed by atoms with Crippen LogP contribution in [0.25, 0.3) is 0 Å². The Bertz CT molecular complexity index is 534. The minimum absolute atomic E-state index is 0.0597. The number of hydrogen-bond acceptors (Lipinski definition) is 3. The molecule has 0 amide bonds. The zero-order chi connectivity index (χ0) is 13.4. The molecule has 3 N–H and O–H groups in total. The Morgan fingerprint density at radius 2 is 1.94 bits per heavy atom. The highest BCUT2D eigenvalue weighted by Gasteiger charge is 2.40. The number of benzene rings is 1. The van der Waals surface area contributed by atoms with E-state index in [1.807, 2.05) is 13.8 Å². The van der Waals surface area contributed by atoms with Gasteiger partial charge in [-0.3, -0.25) is 0 Å². The normalized spacial score (nSPS) is 16.8. The second kappa shape index (κ2) is 4.55. The Balaban J connectivity index is 2.10. The van der Waals surface area contributed by atoms with Gasteiger partial charge in [-0.1, -0.05) is 18.2 Å². The minimum Gasteiger partial charge on any atom is -0.398 e. The van der Waals surface area contributed by atoms with Gasteiger partial charge in [-0.15, -0.1) is 0 Å². The van der Waals surface area contributed by atoms with Crippen molar-refractivity contribution in [1.29, 1.82) is 0 Å². The Labute approximate surface area is 109 Å². The van der Waals surface area contributed by atoms with Gasteiger partial charge in [0, 0.05) is 11.2 Å². The van der Waals surface area contributed by atoms with Crippen LogP contribution in [0, 0.1) is 5.92 Å².